The lowest BCUT2D eigenvalue weighted by molar-refractivity contribution is -0.139. The number of aromatic nitrogens is 3. The third-order valence-electron chi connectivity index (χ3n) is 6.13. The molecule has 0 saturated carbocycles. The number of carboxylic acid groups (broad SMARTS) is 1. The number of imidazole rings is 1. The van der Waals surface area contributed by atoms with Gasteiger partial charge in [-0.15, -0.1) is 11.6 Å². The molecular formula is C27H30ClN5O5. The number of aryl methyl sites for hydroxylation is 1. The summed E-state index contributed by atoms with van der Waals surface area (Å²) in [4.78, 5) is 34.5. The van der Waals surface area contributed by atoms with Crippen molar-refractivity contribution in [3.63, 3.8) is 0 Å². The highest BCUT2D eigenvalue weighted by Crippen LogP contribution is 2.29. The number of aliphatic carboxylic acids is 1. The number of methoxy groups -OCH3 is 1. The van der Waals surface area contributed by atoms with Gasteiger partial charge < -0.3 is 29.8 Å². The third-order valence-corrected chi connectivity index (χ3v) is 6.36. The van der Waals surface area contributed by atoms with Gasteiger partial charge in [0.15, 0.2) is 12.4 Å². The van der Waals surface area contributed by atoms with E-state index in [0.29, 0.717) is 56.2 Å². The minimum absolute atomic E-state index is 0.144. The predicted octanol–water partition coefficient (Wildman–Crippen LogP) is 3.48. The second kappa shape index (κ2) is 12.6. The molecule has 11 heteroatoms. The minimum atomic E-state index is -1.06. The summed E-state index contributed by atoms with van der Waals surface area (Å²) in [6.07, 6.45) is 1.24. The van der Waals surface area contributed by atoms with E-state index in [1.54, 1.807) is 30.2 Å². The van der Waals surface area contributed by atoms with Crippen LogP contribution >= 0.6 is 11.6 Å². The Morgan fingerprint density at radius 1 is 1.16 bits per heavy atom. The molecule has 0 unspecified atom stereocenters. The summed E-state index contributed by atoms with van der Waals surface area (Å²) in [5.41, 5.74) is 9.45. The van der Waals surface area contributed by atoms with Gasteiger partial charge in [-0.25, -0.2) is 14.8 Å². The topological polar surface area (TPSA) is 133 Å². The molecule has 0 radical (unpaired) electrons. The Bertz CT molecular complexity index is 1440. The Morgan fingerprint density at radius 2 is 1.97 bits per heavy atom. The van der Waals surface area contributed by atoms with Crippen LogP contribution in [0.2, 0.25) is 0 Å². The lowest BCUT2D eigenvalue weighted by Gasteiger charge is -2.23. The average Bonchev–Trinajstić information content (AvgIpc) is 3.29. The first-order valence-electron chi connectivity index (χ1n) is 12.2. The Labute approximate surface area is 224 Å². The number of amides is 1. The molecule has 200 valence electrons. The summed E-state index contributed by atoms with van der Waals surface area (Å²) < 4.78 is 12.7. The summed E-state index contributed by atoms with van der Waals surface area (Å²) in [5.74, 6) is 0.239. The van der Waals surface area contributed by atoms with Gasteiger partial charge in [0.2, 0.25) is 5.91 Å². The standard InChI is InChI=1S/C27H30ClN5O5/c1-37-13-10-22-31-25-26(20-8-2-3-9-21(20)30-27(25)29)33(22)12-5-11-32(23(34)15-28)16-18-6-4-7-19(14-18)38-17-24(35)36/h2-4,6-9,14H,5,10-13,15-17H2,1H3,(H2,29,30)(H,35,36). The van der Waals surface area contributed by atoms with Crippen LogP contribution in [-0.4, -0.2) is 69.2 Å². The molecule has 0 atom stereocenters. The van der Waals surface area contributed by atoms with Gasteiger partial charge in [0.25, 0.3) is 0 Å². The van der Waals surface area contributed by atoms with Crippen LogP contribution in [0.1, 0.15) is 17.8 Å². The number of ether oxygens (including phenoxy) is 2. The van der Waals surface area contributed by atoms with E-state index >= 15 is 0 Å². The number of hydrogen-bond donors (Lipinski definition) is 2. The number of rotatable bonds is 13. The Hall–Kier alpha value is -3.89. The number of halogens is 1. The molecule has 0 saturated heterocycles. The van der Waals surface area contributed by atoms with Gasteiger partial charge in [-0.05, 0) is 30.2 Å². The van der Waals surface area contributed by atoms with E-state index in [4.69, 9.17) is 36.9 Å². The molecular weight excluding hydrogens is 510 g/mol. The third kappa shape index (κ3) is 6.32. The molecule has 2 aromatic carbocycles. The van der Waals surface area contributed by atoms with E-state index < -0.39 is 12.6 Å². The summed E-state index contributed by atoms with van der Waals surface area (Å²) >= 11 is 5.92. The molecule has 4 rings (SSSR count). The van der Waals surface area contributed by atoms with Crippen molar-refractivity contribution in [3.05, 3.63) is 59.9 Å². The van der Waals surface area contributed by atoms with Gasteiger partial charge in [-0.2, -0.15) is 0 Å². The fourth-order valence-corrected chi connectivity index (χ4v) is 4.59. The minimum Gasteiger partial charge on any atom is -0.482 e. The first-order chi connectivity index (χ1) is 18.4. The van der Waals surface area contributed by atoms with Crippen molar-refractivity contribution in [3.8, 4) is 5.75 Å². The van der Waals surface area contributed by atoms with Crippen molar-refractivity contribution in [1.29, 1.82) is 0 Å². The van der Waals surface area contributed by atoms with Crippen LogP contribution in [0.15, 0.2) is 48.5 Å². The van der Waals surface area contributed by atoms with Crippen LogP contribution in [-0.2, 0) is 33.8 Å². The van der Waals surface area contributed by atoms with E-state index in [1.807, 2.05) is 30.3 Å². The SMILES string of the molecule is COCCc1nc2c(N)nc3ccccc3c2n1CCCN(Cc1cccc(OCC(=O)O)c1)C(=O)CCl. The first-order valence-corrected chi connectivity index (χ1v) is 12.7. The van der Waals surface area contributed by atoms with Gasteiger partial charge >= 0.3 is 5.97 Å². The smallest absolute Gasteiger partial charge is 0.341 e. The van der Waals surface area contributed by atoms with Crippen molar-refractivity contribution in [2.75, 3.05) is 38.5 Å². The summed E-state index contributed by atoms with van der Waals surface area (Å²) in [6.45, 7) is 1.43. The zero-order chi connectivity index (χ0) is 27.1. The van der Waals surface area contributed by atoms with E-state index in [9.17, 15) is 9.59 Å². The molecule has 2 heterocycles. The largest absolute Gasteiger partial charge is 0.482 e. The van der Waals surface area contributed by atoms with Crippen molar-refractivity contribution < 1.29 is 24.2 Å². The maximum Gasteiger partial charge on any atom is 0.341 e. The number of pyridine rings is 1. The highest BCUT2D eigenvalue weighted by molar-refractivity contribution is 6.27. The van der Waals surface area contributed by atoms with Crippen LogP contribution in [0, 0.1) is 0 Å². The molecule has 3 N–H and O–H groups in total. The van der Waals surface area contributed by atoms with E-state index in [1.165, 1.54) is 0 Å². The Morgan fingerprint density at radius 3 is 2.74 bits per heavy atom. The molecule has 0 bridgehead atoms. The second-order valence-corrected chi connectivity index (χ2v) is 9.03. The number of alkyl halides is 1. The second-order valence-electron chi connectivity index (χ2n) is 8.77. The van der Waals surface area contributed by atoms with Crippen LogP contribution in [0.3, 0.4) is 0 Å². The zero-order valence-corrected chi connectivity index (χ0v) is 21.9. The van der Waals surface area contributed by atoms with Crippen molar-refractivity contribution in [2.45, 2.75) is 25.9 Å². The maximum absolute atomic E-state index is 12.7. The molecule has 2 aromatic heterocycles. The fraction of sp³-hybridized carbons (Fsp3) is 0.333. The maximum atomic E-state index is 12.7. The molecule has 10 nitrogen and oxygen atoms in total. The molecule has 4 aromatic rings. The molecule has 0 aliphatic carbocycles. The summed E-state index contributed by atoms with van der Waals surface area (Å²) in [5, 5.41) is 9.82. The van der Waals surface area contributed by atoms with Crippen LogP contribution in [0.4, 0.5) is 5.82 Å². The monoisotopic (exact) mass is 539 g/mol. The zero-order valence-electron chi connectivity index (χ0n) is 21.1. The average molecular weight is 540 g/mol. The Balaban J connectivity index is 1.56. The summed E-state index contributed by atoms with van der Waals surface area (Å²) in [7, 11) is 1.65. The first kappa shape index (κ1) is 27.2. The number of nitrogens with two attached hydrogens (primary N) is 1. The number of nitrogens with zero attached hydrogens (tertiary/aromatic N) is 4. The normalized spacial score (nSPS) is 11.2. The van der Waals surface area contributed by atoms with Gasteiger partial charge in [-0.3, -0.25) is 4.79 Å². The molecule has 1 amide bonds. The summed E-state index contributed by atoms with van der Waals surface area (Å²) in [6, 6.07) is 14.8. The van der Waals surface area contributed by atoms with Crippen molar-refractivity contribution in [2.24, 2.45) is 0 Å². The fourth-order valence-electron chi connectivity index (χ4n) is 4.43. The molecule has 0 spiro atoms. The van der Waals surface area contributed by atoms with Crippen LogP contribution < -0.4 is 10.5 Å². The molecule has 0 aliphatic heterocycles. The number of carboxylic acids is 1. The number of nitrogen functional groups attached to an aromatic ring is 1. The molecule has 38 heavy (non-hydrogen) atoms. The lowest BCUT2D eigenvalue weighted by atomic mass is 10.1. The number of benzene rings is 2. The van der Waals surface area contributed by atoms with Gasteiger partial charge in [0.05, 0.1) is 17.6 Å². The number of carbonyl (C=O) groups is 2. The molecule has 0 aliphatic rings. The molecule has 0 fully saturated rings. The van der Waals surface area contributed by atoms with Crippen molar-refractivity contribution in [1.82, 2.24) is 19.4 Å². The van der Waals surface area contributed by atoms with Gasteiger partial charge in [0.1, 0.15) is 23.0 Å². The van der Waals surface area contributed by atoms with Crippen LogP contribution in [0.25, 0.3) is 21.9 Å². The van der Waals surface area contributed by atoms with Crippen LogP contribution in [0.5, 0.6) is 5.75 Å². The number of para-hydroxylation sites is 1. The highest BCUT2D eigenvalue weighted by Gasteiger charge is 2.19. The van der Waals surface area contributed by atoms with E-state index in [-0.39, 0.29) is 11.8 Å². The lowest BCUT2D eigenvalue weighted by Crippen LogP contribution is -2.33. The van der Waals surface area contributed by atoms with Gasteiger partial charge in [0, 0.05) is 38.6 Å². The number of hydrogen-bond acceptors (Lipinski definition) is 7. The highest BCUT2D eigenvalue weighted by atomic mass is 35.5. The predicted molar refractivity (Wildman–Crippen MR) is 145 cm³/mol. The quantitative estimate of drug-likeness (QED) is 0.247. The number of fused-ring (bicyclic) bond motifs is 3. The van der Waals surface area contributed by atoms with Crippen molar-refractivity contribution >= 4 is 51.2 Å². The number of carbonyl (C=O) groups excluding carboxylic acids is 1. The van der Waals surface area contributed by atoms with E-state index in [0.717, 1.165) is 27.8 Å². The van der Waals surface area contributed by atoms with E-state index in [2.05, 4.69) is 9.55 Å². The Kier molecular flexibility index (Phi) is 8.98. The van der Waals surface area contributed by atoms with Gasteiger partial charge in [-0.1, -0.05) is 30.3 Å². The number of anilines is 1.